The molecule has 0 bridgehead atoms. The quantitative estimate of drug-likeness (QED) is 0.729. The van der Waals surface area contributed by atoms with Crippen LogP contribution < -0.4 is 15.0 Å². The Morgan fingerprint density at radius 3 is 2.54 bits per heavy atom. The molecule has 0 aromatic carbocycles. The number of urea groups is 1. The number of hydrogen-bond acceptors (Lipinski definition) is 7. The first kappa shape index (κ1) is 18.4. The van der Waals surface area contributed by atoms with Crippen LogP contribution in [0.5, 0.6) is 5.88 Å². The van der Waals surface area contributed by atoms with Crippen molar-refractivity contribution in [2.45, 2.75) is 25.8 Å². The van der Waals surface area contributed by atoms with Crippen LogP contribution in [0.1, 0.15) is 20.3 Å². The summed E-state index contributed by atoms with van der Waals surface area (Å²) in [6.07, 6.45) is 2.47. The molecule has 0 unspecified atom stereocenters. The third-order valence-corrected chi connectivity index (χ3v) is 4.78. The highest BCUT2D eigenvalue weighted by Crippen LogP contribution is 2.17. The highest BCUT2D eigenvalue weighted by Gasteiger charge is 2.43. The minimum absolute atomic E-state index is 0.150. The SMILES string of the molecule is COc1ccnc(N2CCN(CCCN3C(=O)NC(C)(C)C3=O)CC2)n1. The lowest BCUT2D eigenvalue weighted by Crippen LogP contribution is -2.47. The summed E-state index contributed by atoms with van der Waals surface area (Å²) in [6, 6.07) is 1.44. The summed E-state index contributed by atoms with van der Waals surface area (Å²) in [5, 5.41) is 2.71. The minimum Gasteiger partial charge on any atom is -0.481 e. The first-order chi connectivity index (χ1) is 12.4. The number of methoxy groups -OCH3 is 1. The van der Waals surface area contributed by atoms with E-state index in [1.54, 1.807) is 33.2 Å². The van der Waals surface area contributed by atoms with Gasteiger partial charge < -0.3 is 15.0 Å². The van der Waals surface area contributed by atoms with Gasteiger partial charge in [0.15, 0.2) is 0 Å². The van der Waals surface area contributed by atoms with Crippen molar-refractivity contribution in [2.75, 3.05) is 51.3 Å². The van der Waals surface area contributed by atoms with Crippen molar-refractivity contribution >= 4 is 17.9 Å². The van der Waals surface area contributed by atoms with Gasteiger partial charge in [0, 0.05) is 45.0 Å². The predicted octanol–water partition coefficient (Wildman–Crippen LogP) is 0.328. The number of amides is 3. The van der Waals surface area contributed by atoms with Crippen molar-refractivity contribution in [2.24, 2.45) is 0 Å². The van der Waals surface area contributed by atoms with E-state index in [1.165, 1.54) is 4.90 Å². The Labute approximate surface area is 153 Å². The molecule has 1 aromatic heterocycles. The van der Waals surface area contributed by atoms with Crippen LogP contribution in [0.15, 0.2) is 12.3 Å². The van der Waals surface area contributed by atoms with Gasteiger partial charge in [-0.05, 0) is 26.8 Å². The first-order valence-corrected chi connectivity index (χ1v) is 8.89. The van der Waals surface area contributed by atoms with Crippen LogP contribution >= 0.6 is 0 Å². The summed E-state index contributed by atoms with van der Waals surface area (Å²) in [4.78, 5) is 38.5. The second-order valence-electron chi connectivity index (χ2n) is 7.09. The third kappa shape index (κ3) is 3.87. The second-order valence-corrected chi connectivity index (χ2v) is 7.09. The fourth-order valence-electron chi connectivity index (χ4n) is 3.24. The van der Waals surface area contributed by atoms with Crippen LogP contribution in [-0.2, 0) is 4.79 Å². The Morgan fingerprint density at radius 2 is 1.92 bits per heavy atom. The zero-order valence-corrected chi connectivity index (χ0v) is 15.6. The summed E-state index contributed by atoms with van der Waals surface area (Å²) in [7, 11) is 1.59. The first-order valence-electron chi connectivity index (χ1n) is 8.89. The molecule has 2 aliphatic heterocycles. The van der Waals surface area contributed by atoms with E-state index < -0.39 is 5.54 Å². The molecule has 0 atom stereocenters. The van der Waals surface area contributed by atoms with E-state index in [2.05, 4.69) is 25.1 Å². The average molecular weight is 362 g/mol. The molecule has 3 rings (SSSR count). The van der Waals surface area contributed by atoms with Gasteiger partial charge in [0.05, 0.1) is 7.11 Å². The number of imide groups is 1. The molecule has 2 saturated heterocycles. The molecule has 3 amide bonds. The van der Waals surface area contributed by atoms with Gasteiger partial charge in [-0.3, -0.25) is 14.6 Å². The number of carbonyl (C=O) groups excluding carboxylic acids is 2. The van der Waals surface area contributed by atoms with Gasteiger partial charge in [0.2, 0.25) is 11.8 Å². The molecule has 9 heteroatoms. The van der Waals surface area contributed by atoms with Gasteiger partial charge in [-0.25, -0.2) is 9.78 Å². The molecular weight excluding hydrogens is 336 g/mol. The lowest BCUT2D eigenvalue weighted by molar-refractivity contribution is -0.130. The summed E-state index contributed by atoms with van der Waals surface area (Å²) >= 11 is 0. The second kappa shape index (κ2) is 7.45. The molecule has 2 aliphatic rings. The van der Waals surface area contributed by atoms with Crippen molar-refractivity contribution in [3.63, 3.8) is 0 Å². The fraction of sp³-hybridized carbons (Fsp3) is 0.647. The summed E-state index contributed by atoms with van der Waals surface area (Å²) in [5.41, 5.74) is -0.792. The van der Waals surface area contributed by atoms with E-state index >= 15 is 0 Å². The maximum Gasteiger partial charge on any atom is 0.325 e. The Bertz CT molecular complexity index is 672. The number of nitrogens with one attached hydrogen (secondary N) is 1. The number of rotatable bonds is 6. The maximum absolute atomic E-state index is 12.2. The van der Waals surface area contributed by atoms with E-state index in [0.717, 1.165) is 39.1 Å². The van der Waals surface area contributed by atoms with Gasteiger partial charge in [-0.15, -0.1) is 0 Å². The number of hydrogen-bond donors (Lipinski definition) is 1. The lowest BCUT2D eigenvalue weighted by Gasteiger charge is -2.34. The average Bonchev–Trinajstić information content (AvgIpc) is 2.83. The fourth-order valence-corrected chi connectivity index (χ4v) is 3.24. The summed E-state index contributed by atoms with van der Waals surface area (Å²) in [5.74, 6) is 1.10. The van der Waals surface area contributed by atoms with Crippen LogP contribution in [-0.4, -0.2) is 83.6 Å². The van der Waals surface area contributed by atoms with Crippen LogP contribution in [0.25, 0.3) is 0 Å². The van der Waals surface area contributed by atoms with Crippen molar-refractivity contribution in [1.29, 1.82) is 0 Å². The molecule has 26 heavy (non-hydrogen) atoms. The van der Waals surface area contributed by atoms with Gasteiger partial charge in [-0.1, -0.05) is 0 Å². The minimum atomic E-state index is -0.792. The molecule has 0 spiro atoms. The number of ether oxygens (including phenoxy) is 1. The van der Waals surface area contributed by atoms with Gasteiger partial charge in [-0.2, -0.15) is 4.98 Å². The van der Waals surface area contributed by atoms with Crippen LogP contribution in [0.4, 0.5) is 10.7 Å². The molecular formula is C17H26N6O3. The number of anilines is 1. The molecule has 3 heterocycles. The topological polar surface area (TPSA) is 90.9 Å². The maximum atomic E-state index is 12.2. The van der Waals surface area contributed by atoms with Crippen LogP contribution in [0.2, 0.25) is 0 Å². The van der Waals surface area contributed by atoms with Gasteiger partial charge >= 0.3 is 6.03 Å². The molecule has 2 fully saturated rings. The van der Waals surface area contributed by atoms with Crippen LogP contribution in [0.3, 0.4) is 0 Å². The van der Waals surface area contributed by atoms with Gasteiger partial charge in [0.1, 0.15) is 5.54 Å². The summed E-state index contributed by atoms with van der Waals surface area (Å²) < 4.78 is 5.15. The predicted molar refractivity (Wildman–Crippen MR) is 96.2 cm³/mol. The number of aromatic nitrogens is 2. The lowest BCUT2D eigenvalue weighted by atomic mass is 10.1. The van der Waals surface area contributed by atoms with E-state index in [1.807, 2.05) is 0 Å². The largest absolute Gasteiger partial charge is 0.481 e. The third-order valence-electron chi connectivity index (χ3n) is 4.78. The molecule has 142 valence electrons. The summed E-state index contributed by atoms with van der Waals surface area (Å²) in [6.45, 7) is 8.23. The molecule has 9 nitrogen and oxygen atoms in total. The monoisotopic (exact) mass is 362 g/mol. The highest BCUT2D eigenvalue weighted by molar-refractivity contribution is 6.06. The molecule has 0 aliphatic carbocycles. The van der Waals surface area contributed by atoms with E-state index in [4.69, 9.17) is 4.74 Å². The number of nitrogens with zero attached hydrogens (tertiary/aromatic N) is 5. The Balaban J connectivity index is 1.43. The zero-order chi connectivity index (χ0) is 18.7. The molecule has 0 radical (unpaired) electrons. The Hall–Kier alpha value is -2.42. The molecule has 1 N–H and O–H groups in total. The van der Waals surface area contributed by atoms with Crippen molar-refractivity contribution in [3.8, 4) is 5.88 Å². The van der Waals surface area contributed by atoms with Crippen LogP contribution in [0, 0.1) is 0 Å². The Morgan fingerprint density at radius 1 is 1.19 bits per heavy atom. The standard InChI is InChI=1S/C17H26N6O3/c1-17(2)14(24)23(16(25)20-17)8-4-7-21-9-11-22(12-10-21)15-18-6-5-13(19-15)26-3/h5-6H,4,7-12H2,1-3H3,(H,20,25). The van der Waals surface area contributed by atoms with E-state index in [-0.39, 0.29) is 11.9 Å². The smallest absolute Gasteiger partial charge is 0.325 e. The van der Waals surface area contributed by atoms with E-state index in [9.17, 15) is 9.59 Å². The Kier molecular flexibility index (Phi) is 5.26. The zero-order valence-electron chi connectivity index (χ0n) is 15.6. The molecule has 1 aromatic rings. The van der Waals surface area contributed by atoms with Crippen molar-refractivity contribution < 1.29 is 14.3 Å². The normalized spacial score (nSPS) is 20.4. The molecule has 0 saturated carbocycles. The van der Waals surface area contributed by atoms with E-state index in [0.29, 0.717) is 18.4 Å². The van der Waals surface area contributed by atoms with Gasteiger partial charge in [0.25, 0.3) is 5.91 Å². The highest BCUT2D eigenvalue weighted by atomic mass is 16.5. The number of piperazine rings is 1. The number of carbonyl (C=O) groups is 2. The van der Waals surface area contributed by atoms with Crippen molar-refractivity contribution in [1.82, 2.24) is 25.1 Å². The van der Waals surface area contributed by atoms with Crippen molar-refractivity contribution in [3.05, 3.63) is 12.3 Å².